The van der Waals surface area contributed by atoms with Gasteiger partial charge in [-0.2, -0.15) is 0 Å². The van der Waals surface area contributed by atoms with E-state index in [4.69, 9.17) is 9.47 Å². The van der Waals surface area contributed by atoms with Crippen LogP contribution in [0.3, 0.4) is 0 Å². The lowest BCUT2D eigenvalue weighted by Gasteiger charge is -2.09. The van der Waals surface area contributed by atoms with E-state index in [0.29, 0.717) is 17.1 Å². The molecule has 0 amide bonds. The summed E-state index contributed by atoms with van der Waals surface area (Å²) in [5.74, 6) is 2.99. The third kappa shape index (κ3) is 4.95. The maximum absolute atomic E-state index is 11.3. The molecule has 0 heterocycles. The summed E-state index contributed by atoms with van der Waals surface area (Å²) in [6.45, 7) is 3.58. The first-order valence-electron chi connectivity index (χ1n) is 7.73. The lowest BCUT2D eigenvalue weighted by molar-refractivity contribution is 0.101. The van der Waals surface area contributed by atoms with Crippen molar-refractivity contribution in [2.45, 2.75) is 21.3 Å². The SMILES string of the molecule is C.CC(=O)c1ccc(Oc2ccc(Oc3ccc(C)cc3)cc2)cc1. The molecule has 0 aromatic heterocycles. The fourth-order valence-electron chi connectivity index (χ4n) is 2.21. The quantitative estimate of drug-likeness (QED) is 0.505. The largest absolute Gasteiger partial charge is 0.457 e. The number of ether oxygens (including phenoxy) is 2. The molecular formula is C22H22O3. The fourth-order valence-corrected chi connectivity index (χ4v) is 2.21. The molecule has 3 aromatic rings. The number of hydrogen-bond acceptors (Lipinski definition) is 3. The van der Waals surface area contributed by atoms with E-state index in [1.807, 2.05) is 55.5 Å². The number of carbonyl (C=O) groups is 1. The van der Waals surface area contributed by atoms with Crippen LogP contribution in [0.2, 0.25) is 0 Å². The van der Waals surface area contributed by atoms with Crippen LogP contribution >= 0.6 is 0 Å². The number of ketones is 1. The number of rotatable bonds is 5. The fraction of sp³-hybridized carbons (Fsp3) is 0.136. The average molecular weight is 334 g/mol. The van der Waals surface area contributed by atoms with Crippen molar-refractivity contribution < 1.29 is 14.3 Å². The Balaban J connectivity index is 0.00000225. The lowest BCUT2D eigenvalue weighted by atomic mass is 10.1. The second kappa shape index (κ2) is 8.15. The molecule has 0 atom stereocenters. The van der Waals surface area contributed by atoms with Crippen molar-refractivity contribution >= 4 is 5.78 Å². The van der Waals surface area contributed by atoms with E-state index in [2.05, 4.69) is 0 Å². The number of carbonyl (C=O) groups excluding carboxylic acids is 1. The molecule has 0 fully saturated rings. The van der Waals surface area contributed by atoms with Gasteiger partial charge in [-0.25, -0.2) is 0 Å². The van der Waals surface area contributed by atoms with Gasteiger partial charge in [-0.05, 0) is 74.5 Å². The molecule has 3 rings (SSSR count). The minimum Gasteiger partial charge on any atom is -0.457 e. The van der Waals surface area contributed by atoms with Crippen molar-refractivity contribution in [3.8, 4) is 23.0 Å². The number of benzene rings is 3. The average Bonchev–Trinajstić information content (AvgIpc) is 2.59. The molecule has 0 saturated carbocycles. The van der Waals surface area contributed by atoms with E-state index < -0.39 is 0 Å². The molecule has 3 heteroatoms. The highest BCUT2D eigenvalue weighted by molar-refractivity contribution is 5.94. The van der Waals surface area contributed by atoms with Crippen LogP contribution in [-0.2, 0) is 0 Å². The van der Waals surface area contributed by atoms with Crippen LogP contribution < -0.4 is 9.47 Å². The van der Waals surface area contributed by atoms with Crippen LogP contribution in [0.25, 0.3) is 0 Å². The minimum atomic E-state index is 0. The molecule has 0 spiro atoms. The van der Waals surface area contributed by atoms with Gasteiger partial charge >= 0.3 is 0 Å². The Kier molecular flexibility index (Phi) is 5.96. The summed E-state index contributed by atoms with van der Waals surface area (Å²) in [4.78, 5) is 11.3. The van der Waals surface area contributed by atoms with Crippen molar-refractivity contribution in [3.63, 3.8) is 0 Å². The predicted octanol–water partition coefficient (Wildman–Crippen LogP) is 6.42. The first kappa shape index (κ1) is 18.3. The maximum atomic E-state index is 11.3. The first-order chi connectivity index (χ1) is 11.6. The number of Topliss-reactive ketones (excluding diaryl/α,β-unsaturated/α-hetero) is 1. The predicted molar refractivity (Wildman–Crippen MR) is 101 cm³/mol. The molecule has 0 unspecified atom stereocenters. The molecular weight excluding hydrogens is 312 g/mol. The van der Waals surface area contributed by atoms with Crippen LogP contribution in [0.5, 0.6) is 23.0 Å². The topological polar surface area (TPSA) is 35.5 Å². The Hall–Kier alpha value is -3.07. The highest BCUT2D eigenvalue weighted by atomic mass is 16.5. The van der Waals surface area contributed by atoms with E-state index in [1.165, 1.54) is 5.56 Å². The van der Waals surface area contributed by atoms with E-state index in [-0.39, 0.29) is 13.2 Å². The van der Waals surface area contributed by atoms with Crippen molar-refractivity contribution in [1.29, 1.82) is 0 Å². The summed E-state index contributed by atoms with van der Waals surface area (Å²) in [6, 6.07) is 22.4. The third-order valence-electron chi connectivity index (χ3n) is 3.58. The zero-order valence-electron chi connectivity index (χ0n) is 13.7. The van der Waals surface area contributed by atoms with Gasteiger partial charge in [0.1, 0.15) is 23.0 Å². The molecule has 0 saturated heterocycles. The molecule has 0 aliphatic carbocycles. The van der Waals surface area contributed by atoms with Gasteiger partial charge in [0.15, 0.2) is 5.78 Å². The third-order valence-corrected chi connectivity index (χ3v) is 3.58. The Bertz CT molecular complexity index is 817. The highest BCUT2D eigenvalue weighted by Gasteiger charge is 2.02. The van der Waals surface area contributed by atoms with Crippen molar-refractivity contribution in [2.24, 2.45) is 0 Å². The zero-order chi connectivity index (χ0) is 16.9. The summed E-state index contributed by atoms with van der Waals surface area (Å²) in [5.41, 5.74) is 1.87. The molecule has 3 aromatic carbocycles. The van der Waals surface area contributed by atoms with E-state index >= 15 is 0 Å². The van der Waals surface area contributed by atoms with Crippen LogP contribution in [0.15, 0.2) is 72.8 Å². The smallest absolute Gasteiger partial charge is 0.159 e. The summed E-state index contributed by atoms with van der Waals surface area (Å²) in [5, 5.41) is 0. The van der Waals surface area contributed by atoms with Gasteiger partial charge < -0.3 is 9.47 Å². The number of aryl methyl sites for hydroxylation is 1. The van der Waals surface area contributed by atoms with Crippen LogP contribution in [0, 0.1) is 6.92 Å². The maximum Gasteiger partial charge on any atom is 0.159 e. The molecule has 25 heavy (non-hydrogen) atoms. The van der Waals surface area contributed by atoms with Crippen molar-refractivity contribution in [3.05, 3.63) is 83.9 Å². The molecule has 0 aliphatic rings. The van der Waals surface area contributed by atoms with Gasteiger partial charge in [0, 0.05) is 5.56 Å². The molecule has 128 valence electrons. The zero-order valence-corrected chi connectivity index (χ0v) is 13.7. The summed E-state index contributed by atoms with van der Waals surface area (Å²) >= 11 is 0. The summed E-state index contributed by atoms with van der Waals surface area (Å²) in [7, 11) is 0. The monoisotopic (exact) mass is 334 g/mol. The molecule has 0 radical (unpaired) electrons. The van der Waals surface area contributed by atoms with E-state index in [1.54, 1.807) is 31.2 Å². The van der Waals surface area contributed by atoms with E-state index in [0.717, 1.165) is 11.5 Å². The standard InChI is InChI=1S/C21H18O3.CH4/c1-15-3-7-18(8-4-15)23-20-11-13-21(14-12-20)24-19-9-5-17(6-10-19)16(2)22;/h3-14H,1-2H3;1H4. The minimum absolute atomic E-state index is 0. The van der Waals surface area contributed by atoms with Gasteiger partial charge in [-0.1, -0.05) is 25.1 Å². The molecule has 0 aliphatic heterocycles. The van der Waals surface area contributed by atoms with Gasteiger partial charge in [0.05, 0.1) is 0 Å². The Labute approximate surface area is 148 Å². The van der Waals surface area contributed by atoms with Crippen LogP contribution in [0.1, 0.15) is 30.3 Å². The Morgan fingerprint density at radius 2 is 0.960 bits per heavy atom. The van der Waals surface area contributed by atoms with Crippen LogP contribution in [-0.4, -0.2) is 5.78 Å². The Morgan fingerprint density at radius 3 is 1.32 bits per heavy atom. The molecule has 3 nitrogen and oxygen atoms in total. The second-order valence-corrected chi connectivity index (χ2v) is 5.57. The Morgan fingerprint density at radius 1 is 0.640 bits per heavy atom. The number of hydrogen-bond donors (Lipinski definition) is 0. The lowest BCUT2D eigenvalue weighted by Crippen LogP contribution is -1.91. The van der Waals surface area contributed by atoms with Crippen molar-refractivity contribution in [2.75, 3.05) is 0 Å². The summed E-state index contributed by atoms with van der Waals surface area (Å²) < 4.78 is 11.6. The molecule has 0 N–H and O–H groups in total. The van der Waals surface area contributed by atoms with E-state index in [9.17, 15) is 4.79 Å². The van der Waals surface area contributed by atoms with Gasteiger partial charge in [0.25, 0.3) is 0 Å². The second-order valence-electron chi connectivity index (χ2n) is 5.57. The normalized spacial score (nSPS) is 9.84. The first-order valence-corrected chi connectivity index (χ1v) is 7.73. The van der Waals surface area contributed by atoms with Gasteiger partial charge in [-0.3, -0.25) is 4.79 Å². The van der Waals surface area contributed by atoms with Gasteiger partial charge in [-0.15, -0.1) is 0 Å². The van der Waals surface area contributed by atoms with Crippen LogP contribution in [0.4, 0.5) is 0 Å². The summed E-state index contributed by atoms with van der Waals surface area (Å²) in [6.07, 6.45) is 0. The van der Waals surface area contributed by atoms with Gasteiger partial charge in [0.2, 0.25) is 0 Å². The highest BCUT2D eigenvalue weighted by Crippen LogP contribution is 2.27. The van der Waals surface area contributed by atoms with Crippen molar-refractivity contribution in [1.82, 2.24) is 0 Å². The molecule has 0 bridgehead atoms.